The molecule has 6 aliphatic carbocycles. The van der Waals surface area contributed by atoms with E-state index in [1.54, 1.807) is 11.1 Å². The summed E-state index contributed by atoms with van der Waals surface area (Å²) in [5.74, 6) is 4.94. The van der Waals surface area contributed by atoms with Crippen molar-refractivity contribution in [3.05, 3.63) is 59.7 Å². The summed E-state index contributed by atoms with van der Waals surface area (Å²) in [4.78, 5) is 6.23. The van der Waals surface area contributed by atoms with Crippen LogP contribution in [0.2, 0.25) is 0 Å². The molecule has 2 aromatic rings. The second kappa shape index (κ2) is 12.9. The lowest BCUT2D eigenvalue weighted by Gasteiger charge is -2.53. The van der Waals surface area contributed by atoms with Gasteiger partial charge in [0.15, 0.2) is 0 Å². The quantitative estimate of drug-likeness (QED) is 0.318. The Balaban J connectivity index is 0.726. The minimum atomic E-state index is 0.520. The lowest BCUT2D eigenvalue weighted by Crippen LogP contribution is -2.63. The van der Waals surface area contributed by atoms with Crippen LogP contribution in [0.1, 0.15) is 151 Å². The predicted molar refractivity (Wildman–Crippen MR) is 207 cm³/mol. The number of hydrogen-bond donors (Lipinski definition) is 0. The zero-order valence-corrected chi connectivity index (χ0v) is 31.7. The van der Waals surface area contributed by atoms with Crippen LogP contribution in [0.15, 0.2) is 48.5 Å². The molecule has 4 aliphatic heterocycles. The molecular formula is C48H64N2O2. The normalized spacial score (nSPS) is 48.1. The number of hydrogen-bond acceptors (Lipinski definition) is 4. The van der Waals surface area contributed by atoms with Crippen LogP contribution in [0.4, 0.5) is 0 Å². The highest BCUT2D eigenvalue weighted by Gasteiger charge is 2.61. The van der Waals surface area contributed by atoms with E-state index in [4.69, 9.17) is 9.47 Å². The molecule has 52 heavy (non-hydrogen) atoms. The van der Waals surface area contributed by atoms with E-state index in [-0.39, 0.29) is 0 Å². The van der Waals surface area contributed by atoms with Crippen LogP contribution in [0.5, 0.6) is 0 Å². The molecule has 0 N–H and O–H groups in total. The van der Waals surface area contributed by atoms with Crippen molar-refractivity contribution in [2.75, 3.05) is 0 Å². The number of ether oxygens (including phenoxy) is 2. The van der Waals surface area contributed by atoms with E-state index in [9.17, 15) is 0 Å². The van der Waals surface area contributed by atoms with E-state index < -0.39 is 0 Å². The van der Waals surface area contributed by atoms with Crippen molar-refractivity contribution < 1.29 is 9.47 Å². The molecule has 4 heteroatoms. The second-order valence-corrected chi connectivity index (χ2v) is 19.9. The van der Waals surface area contributed by atoms with Crippen LogP contribution in [0.3, 0.4) is 0 Å². The molecule has 2 aromatic carbocycles. The number of morpholine rings is 2. The Morgan fingerprint density at radius 1 is 0.365 bits per heavy atom. The van der Waals surface area contributed by atoms with Crippen molar-refractivity contribution in [3.63, 3.8) is 0 Å². The average molecular weight is 701 g/mol. The minimum Gasteiger partial charge on any atom is -0.372 e. The van der Waals surface area contributed by atoms with Crippen molar-refractivity contribution in [3.8, 4) is 11.1 Å². The molecule has 4 heterocycles. The van der Waals surface area contributed by atoms with Crippen molar-refractivity contribution in [2.45, 2.75) is 201 Å². The standard InChI is InChI=1S/C48H64N2O2/c1-3-11-43-41(9-1)49-39-25-23-33(27-37(39)35-7-5-13-45(51-43)47(35)49)31-19-15-29(16-20-31)30-17-21-32(22-18-30)34-24-26-40-38(28-34)36-8-6-14-46-48(36)50(40)42-10-2-4-12-44(42)52-46/h15-22,33-48H,1-14,23-28H2. The summed E-state index contributed by atoms with van der Waals surface area (Å²) < 4.78 is 13.8. The van der Waals surface area contributed by atoms with Crippen LogP contribution in [-0.2, 0) is 9.47 Å². The van der Waals surface area contributed by atoms with E-state index in [0.29, 0.717) is 36.5 Å². The van der Waals surface area contributed by atoms with Gasteiger partial charge in [-0.25, -0.2) is 0 Å². The molecule has 16 unspecified atom stereocenters. The molecule has 16 atom stereocenters. The fraction of sp³-hybridized carbons (Fsp3) is 0.750. The third-order valence-electron chi connectivity index (χ3n) is 17.9. The summed E-state index contributed by atoms with van der Waals surface area (Å²) in [5, 5.41) is 0. The van der Waals surface area contributed by atoms with Gasteiger partial charge in [-0.2, -0.15) is 0 Å². The van der Waals surface area contributed by atoms with Crippen LogP contribution in [0.25, 0.3) is 11.1 Å². The highest BCUT2D eigenvalue weighted by molar-refractivity contribution is 5.64. The molecule has 4 nitrogen and oxygen atoms in total. The number of nitrogens with zero attached hydrogens (tertiary/aromatic N) is 2. The summed E-state index contributed by atoms with van der Waals surface area (Å²) >= 11 is 0. The van der Waals surface area contributed by atoms with Gasteiger partial charge < -0.3 is 9.47 Å². The van der Waals surface area contributed by atoms with E-state index in [0.717, 1.165) is 59.7 Å². The van der Waals surface area contributed by atoms with Crippen molar-refractivity contribution >= 4 is 0 Å². The maximum atomic E-state index is 6.91. The molecule has 278 valence electrons. The first-order valence-corrected chi connectivity index (χ1v) is 22.8. The van der Waals surface area contributed by atoms with E-state index >= 15 is 0 Å². The first-order valence-electron chi connectivity index (χ1n) is 22.8. The van der Waals surface area contributed by atoms with E-state index in [2.05, 4.69) is 58.3 Å². The molecule has 0 bridgehead atoms. The van der Waals surface area contributed by atoms with Gasteiger partial charge in [0.1, 0.15) is 0 Å². The molecule has 4 saturated heterocycles. The van der Waals surface area contributed by atoms with Crippen molar-refractivity contribution in [1.29, 1.82) is 0 Å². The van der Waals surface area contributed by atoms with Crippen molar-refractivity contribution in [1.82, 2.24) is 9.80 Å². The van der Waals surface area contributed by atoms with Crippen LogP contribution >= 0.6 is 0 Å². The lowest BCUT2D eigenvalue weighted by molar-refractivity contribution is -0.177. The number of fused-ring (bicyclic) bond motifs is 10. The highest BCUT2D eigenvalue weighted by Crippen LogP contribution is 2.58. The SMILES string of the molecule is c1cc(C2CCC3C(C2)C2CCCC4OC5CCCCC5N3C42)ccc1-c1ccc(C2CCC3C(C2)C2CCCC4OC5CCCCC5N3C42)cc1. The highest BCUT2D eigenvalue weighted by atomic mass is 16.5. The molecule has 0 radical (unpaired) electrons. The molecule has 12 rings (SSSR count). The first-order chi connectivity index (χ1) is 25.8. The predicted octanol–water partition coefficient (Wildman–Crippen LogP) is 10.2. The Kier molecular flexibility index (Phi) is 8.08. The summed E-state index contributed by atoms with van der Waals surface area (Å²) in [6, 6.07) is 24.4. The van der Waals surface area contributed by atoms with Gasteiger partial charge in [-0.1, -0.05) is 87.1 Å². The van der Waals surface area contributed by atoms with Gasteiger partial charge in [-0.3, -0.25) is 9.80 Å². The molecule has 6 saturated carbocycles. The number of benzene rings is 2. The smallest absolute Gasteiger partial charge is 0.0737 e. The molecule has 0 amide bonds. The molecule has 0 aromatic heterocycles. The maximum Gasteiger partial charge on any atom is 0.0737 e. The van der Waals surface area contributed by atoms with E-state index in [1.807, 2.05) is 0 Å². The van der Waals surface area contributed by atoms with Crippen LogP contribution in [-0.4, -0.2) is 70.5 Å². The molecular weight excluding hydrogens is 637 g/mol. The topological polar surface area (TPSA) is 24.9 Å². The minimum absolute atomic E-state index is 0.520. The maximum absolute atomic E-state index is 6.91. The summed E-state index contributed by atoms with van der Waals surface area (Å²) in [6.45, 7) is 0. The Morgan fingerprint density at radius 3 is 1.25 bits per heavy atom. The van der Waals surface area contributed by atoms with Gasteiger partial charge in [0.05, 0.1) is 24.4 Å². The second-order valence-electron chi connectivity index (χ2n) is 19.9. The van der Waals surface area contributed by atoms with Gasteiger partial charge in [-0.05, 0) is 148 Å². The van der Waals surface area contributed by atoms with E-state index in [1.165, 1.54) is 140 Å². The van der Waals surface area contributed by atoms with Gasteiger partial charge >= 0.3 is 0 Å². The third kappa shape index (κ3) is 5.04. The summed E-state index contributed by atoms with van der Waals surface area (Å²) in [6.07, 6.45) is 29.7. The Labute approximate surface area is 313 Å². The summed E-state index contributed by atoms with van der Waals surface area (Å²) in [5.41, 5.74) is 5.98. The molecule has 10 aliphatic rings. The average Bonchev–Trinajstić information content (AvgIpc) is 3.73. The van der Waals surface area contributed by atoms with Gasteiger partial charge in [0.2, 0.25) is 0 Å². The van der Waals surface area contributed by atoms with Gasteiger partial charge in [-0.15, -0.1) is 0 Å². The van der Waals surface area contributed by atoms with Gasteiger partial charge in [0.25, 0.3) is 0 Å². The number of rotatable bonds is 3. The molecule has 0 spiro atoms. The Morgan fingerprint density at radius 2 is 0.788 bits per heavy atom. The fourth-order valence-electron chi connectivity index (χ4n) is 15.9. The largest absolute Gasteiger partial charge is 0.372 e. The van der Waals surface area contributed by atoms with Crippen LogP contribution in [0, 0.1) is 23.7 Å². The molecule has 10 fully saturated rings. The fourth-order valence-corrected chi connectivity index (χ4v) is 15.9. The first kappa shape index (κ1) is 32.5. The monoisotopic (exact) mass is 700 g/mol. The third-order valence-corrected chi connectivity index (χ3v) is 17.9. The summed E-state index contributed by atoms with van der Waals surface area (Å²) in [7, 11) is 0. The lowest BCUT2D eigenvalue weighted by atomic mass is 9.68. The Bertz CT molecular complexity index is 1490. The zero-order chi connectivity index (χ0) is 33.9. The zero-order valence-electron chi connectivity index (χ0n) is 31.7. The van der Waals surface area contributed by atoms with Gasteiger partial charge in [0, 0.05) is 36.3 Å². The Hall–Kier alpha value is -1.72. The van der Waals surface area contributed by atoms with Crippen molar-refractivity contribution in [2.24, 2.45) is 23.7 Å². The van der Waals surface area contributed by atoms with Crippen LogP contribution < -0.4 is 0 Å².